The number of nitrogens with zero attached hydrogens (tertiary/aromatic N) is 1. The van der Waals surface area contributed by atoms with Crippen LogP contribution < -0.4 is 14.8 Å². The molecule has 0 fully saturated rings. The van der Waals surface area contributed by atoms with Gasteiger partial charge in [-0.05, 0) is 29.3 Å². The maximum atomic E-state index is 12.8. The van der Waals surface area contributed by atoms with Crippen molar-refractivity contribution in [1.29, 1.82) is 5.26 Å². The second-order valence-electron chi connectivity index (χ2n) is 6.45. The van der Waals surface area contributed by atoms with E-state index < -0.39 is 11.9 Å². The summed E-state index contributed by atoms with van der Waals surface area (Å²) in [7, 11) is 4.29. The molecule has 32 heavy (non-hydrogen) atoms. The normalized spacial score (nSPS) is 10.8. The molecule has 0 atom stereocenters. The van der Waals surface area contributed by atoms with Gasteiger partial charge in [0, 0.05) is 10.9 Å². The summed E-state index contributed by atoms with van der Waals surface area (Å²) in [5.41, 5.74) is 2.13. The molecule has 0 saturated heterocycles. The van der Waals surface area contributed by atoms with Crippen LogP contribution in [0.15, 0.2) is 59.5 Å². The number of rotatable bonds is 7. The predicted octanol–water partition coefficient (Wildman–Crippen LogP) is 4.76. The molecule has 0 aliphatic rings. The van der Waals surface area contributed by atoms with Gasteiger partial charge >= 0.3 is 5.97 Å². The number of nitrogens with one attached hydrogen (secondary N) is 1. The number of amides is 1. The molecule has 7 nitrogen and oxygen atoms in total. The van der Waals surface area contributed by atoms with Crippen molar-refractivity contribution in [2.24, 2.45) is 0 Å². The Morgan fingerprint density at radius 3 is 2.38 bits per heavy atom. The van der Waals surface area contributed by atoms with Crippen molar-refractivity contribution >= 4 is 34.3 Å². The fourth-order valence-electron chi connectivity index (χ4n) is 3.01. The van der Waals surface area contributed by atoms with E-state index >= 15 is 0 Å². The van der Waals surface area contributed by atoms with Crippen LogP contribution in [0.2, 0.25) is 0 Å². The first-order chi connectivity index (χ1) is 15.5. The molecule has 0 unspecified atom stereocenters. The molecule has 0 bridgehead atoms. The molecule has 3 rings (SSSR count). The van der Waals surface area contributed by atoms with E-state index in [0.717, 1.165) is 5.56 Å². The average molecular weight is 449 g/mol. The van der Waals surface area contributed by atoms with Crippen LogP contribution in [0.5, 0.6) is 11.5 Å². The number of thiophene rings is 1. The fourth-order valence-corrected chi connectivity index (χ4v) is 3.97. The van der Waals surface area contributed by atoms with Crippen LogP contribution in [0.4, 0.5) is 5.00 Å². The Labute approximate surface area is 189 Å². The van der Waals surface area contributed by atoms with Crippen LogP contribution in [-0.2, 0) is 9.53 Å². The molecular weight excluding hydrogens is 428 g/mol. The number of carbonyl (C=O) groups excluding carboxylic acids is 2. The van der Waals surface area contributed by atoms with Crippen molar-refractivity contribution in [2.75, 3.05) is 26.6 Å². The second kappa shape index (κ2) is 10.3. The van der Waals surface area contributed by atoms with Crippen molar-refractivity contribution in [3.8, 4) is 28.7 Å². The third-order valence-corrected chi connectivity index (χ3v) is 5.47. The Morgan fingerprint density at radius 2 is 1.75 bits per heavy atom. The van der Waals surface area contributed by atoms with E-state index in [9.17, 15) is 14.9 Å². The lowest BCUT2D eigenvalue weighted by Gasteiger charge is -2.09. The number of esters is 1. The summed E-state index contributed by atoms with van der Waals surface area (Å²) in [6, 6.07) is 16.2. The third kappa shape index (κ3) is 4.79. The number of hydrogen-bond donors (Lipinski definition) is 1. The number of benzene rings is 2. The zero-order valence-corrected chi connectivity index (χ0v) is 18.5. The number of nitriles is 1. The molecule has 0 radical (unpaired) electrons. The zero-order chi connectivity index (χ0) is 23.1. The number of hydrogen-bond acceptors (Lipinski definition) is 7. The van der Waals surface area contributed by atoms with E-state index in [1.54, 1.807) is 23.6 Å². The van der Waals surface area contributed by atoms with Gasteiger partial charge in [0.15, 0.2) is 11.5 Å². The number of carbonyl (C=O) groups is 2. The molecule has 3 aromatic rings. The number of ether oxygens (including phenoxy) is 3. The molecule has 1 amide bonds. The first-order valence-electron chi connectivity index (χ1n) is 9.42. The molecule has 1 N–H and O–H groups in total. The van der Waals surface area contributed by atoms with Gasteiger partial charge in [0.1, 0.15) is 22.2 Å². The van der Waals surface area contributed by atoms with E-state index in [1.807, 2.05) is 36.4 Å². The minimum atomic E-state index is -0.645. The second-order valence-corrected chi connectivity index (χ2v) is 7.33. The monoisotopic (exact) mass is 448 g/mol. The Morgan fingerprint density at radius 1 is 1.03 bits per heavy atom. The molecule has 0 spiro atoms. The molecule has 8 heteroatoms. The lowest BCUT2D eigenvalue weighted by Crippen LogP contribution is -2.15. The van der Waals surface area contributed by atoms with Gasteiger partial charge in [0.2, 0.25) is 0 Å². The topological polar surface area (TPSA) is 97.7 Å². The van der Waals surface area contributed by atoms with Gasteiger partial charge < -0.3 is 19.5 Å². The Balaban J connectivity index is 1.94. The summed E-state index contributed by atoms with van der Waals surface area (Å²) in [6.07, 6.45) is 1.43. The largest absolute Gasteiger partial charge is 0.493 e. The van der Waals surface area contributed by atoms with Crippen LogP contribution in [0.25, 0.3) is 17.2 Å². The first kappa shape index (κ1) is 22.6. The van der Waals surface area contributed by atoms with E-state index in [0.29, 0.717) is 27.6 Å². The molecular formula is C24H20N2O5S. The van der Waals surface area contributed by atoms with Crippen LogP contribution in [-0.4, -0.2) is 33.2 Å². The van der Waals surface area contributed by atoms with Gasteiger partial charge in [0.05, 0.1) is 21.3 Å². The van der Waals surface area contributed by atoms with Gasteiger partial charge in [-0.1, -0.05) is 36.4 Å². The van der Waals surface area contributed by atoms with E-state index in [2.05, 4.69) is 5.32 Å². The van der Waals surface area contributed by atoms with Crippen molar-refractivity contribution < 1.29 is 23.8 Å². The van der Waals surface area contributed by atoms with E-state index in [1.165, 1.54) is 38.7 Å². The summed E-state index contributed by atoms with van der Waals surface area (Å²) >= 11 is 1.18. The fraction of sp³-hybridized carbons (Fsp3) is 0.125. The summed E-state index contributed by atoms with van der Waals surface area (Å²) in [4.78, 5) is 25.3. The SMILES string of the molecule is COC(=O)c1c(-c2ccccc2)csc1NC(=O)/C(C#N)=C/c1ccc(OC)c(OC)c1. The van der Waals surface area contributed by atoms with Gasteiger partial charge in [-0.15, -0.1) is 11.3 Å². The molecule has 0 aliphatic carbocycles. The minimum Gasteiger partial charge on any atom is -0.493 e. The highest BCUT2D eigenvalue weighted by atomic mass is 32.1. The highest BCUT2D eigenvalue weighted by Gasteiger charge is 2.23. The van der Waals surface area contributed by atoms with Crippen LogP contribution in [0.3, 0.4) is 0 Å². The Hall–Kier alpha value is -4.09. The van der Waals surface area contributed by atoms with Crippen LogP contribution >= 0.6 is 11.3 Å². The first-order valence-corrected chi connectivity index (χ1v) is 10.3. The minimum absolute atomic E-state index is 0.136. The summed E-state index contributed by atoms with van der Waals surface area (Å²) < 4.78 is 15.4. The van der Waals surface area contributed by atoms with Crippen molar-refractivity contribution in [3.05, 3.63) is 70.6 Å². The van der Waals surface area contributed by atoms with Crippen LogP contribution in [0, 0.1) is 11.3 Å². The molecule has 1 aromatic heterocycles. The number of methoxy groups -OCH3 is 3. The highest BCUT2D eigenvalue weighted by molar-refractivity contribution is 7.15. The maximum Gasteiger partial charge on any atom is 0.341 e. The molecule has 162 valence electrons. The molecule has 0 saturated carbocycles. The zero-order valence-electron chi connectivity index (χ0n) is 17.7. The average Bonchev–Trinajstić information content (AvgIpc) is 3.25. The summed E-state index contributed by atoms with van der Waals surface area (Å²) in [5.74, 6) is -0.225. The van der Waals surface area contributed by atoms with Gasteiger partial charge in [-0.2, -0.15) is 5.26 Å². The highest BCUT2D eigenvalue weighted by Crippen LogP contribution is 2.36. The summed E-state index contributed by atoms with van der Waals surface area (Å²) in [5, 5.41) is 14.3. The van der Waals surface area contributed by atoms with Crippen molar-refractivity contribution in [3.63, 3.8) is 0 Å². The third-order valence-electron chi connectivity index (χ3n) is 4.58. The van der Waals surface area contributed by atoms with Crippen molar-refractivity contribution in [1.82, 2.24) is 0 Å². The Bertz CT molecular complexity index is 1210. The van der Waals surface area contributed by atoms with Crippen LogP contribution in [0.1, 0.15) is 15.9 Å². The lowest BCUT2D eigenvalue weighted by atomic mass is 10.0. The molecule has 2 aromatic carbocycles. The molecule has 1 heterocycles. The maximum absolute atomic E-state index is 12.8. The lowest BCUT2D eigenvalue weighted by molar-refractivity contribution is -0.112. The van der Waals surface area contributed by atoms with E-state index in [4.69, 9.17) is 14.2 Å². The summed E-state index contributed by atoms with van der Waals surface area (Å²) in [6.45, 7) is 0. The standard InChI is InChI=1S/C24H20N2O5S/c1-29-19-10-9-15(12-20(19)30-2)11-17(13-25)22(27)26-23-21(24(28)31-3)18(14-32-23)16-7-5-4-6-8-16/h4-12,14H,1-3H3,(H,26,27)/b17-11+. The van der Waals surface area contributed by atoms with Gasteiger partial charge in [-0.25, -0.2) is 4.79 Å². The van der Waals surface area contributed by atoms with Gasteiger partial charge in [0.25, 0.3) is 5.91 Å². The number of anilines is 1. The Kier molecular flexibility index (Phi) is 7.26. The smallest absolute Gasteiger partial charge is 0.341 e. The quantitative estimate of drug-likeness (QED) is 0.318. The van der Waals surface area contributed by atoms with Gasteiger partial charge in [-0.3, -0.25) is 4.79 Å². The van der Waals surface area contributed by atoms with E-state index in [-0.39, 0.29) is 11.1 Å². The predicted molar refractivity (Wildman–Crippen MR) is 123 cm³/mol. The molecule has 0 aliphatic heterocycles. The van der Waals surface area contributed by atoms with Crippen molar-refractivity contribution in [2.45, 2.75) is 0 Å².